The second kappa shape index (κ2) is 5.48. The van der Waals surface area contributed by atoms with Crippen LogP contribution in [-0.4, -0.2) is 33.1 Å². The van der Waals surface area contributed by atoms with Gasteiger partial charge < -0.3 is 10.4 Å². The molecule has 0 radical (unpaired) electrons. The van der Waals surface area contributed by atoms with Crippen LogP contribution in [0, 0.1) is 11.3 Å². The molecule has 1 amide bonds. The number of aliphatic hydroxyl groups excluding tert-OH is 1. The summed E-state index contributed by atoms with van der Waals surface area (Å²) in [4.78, 5) is 20.2. The molecule has 1 aliphatic rings. The Morgan fingerprint density at radius 3 is 2.75 bits per heavy atom. The lowest BCUT2D eigenvalue weighted by atomic mass is 9.64. The number of carbonyl (C=O) groups is 1. The molecular weight excluding hydrogens is 254 g/mol. The van der Waals surface area contributed by atoms with Crippen LogP contribution >= 0.6 is 0 Å². The number of nitrogens with one attached hydrogen (secondary N) is 1. The first kappa shape index (κ1) is 14.9. The average molecular weight is 277 g/mol. The van der Waals surface area contributed by atoms with Crippen molar-refractivity contribution in [3.8, 4) is 0 Å². The third-order valence-corrected chi connectivity index (χ3v) is 3.93. The van der Waals surface area contributed by atoms with Crippen LogP contribution in [0.25, 0.3) is 0 Å². The van der Waals surface area contributed by atoms with Crippen molar-refractivity contribution in [2.45, 2.75) is 45.6 Å². The maximum Gasteiger partial charge on any atom is 0.271 e. The standard InChI is InChI=1S/C15H23N3O2/c1-11-6-14(2,3)9-15(7-11,10-19)18-13(20)12-8-16-4-5-17-12/h4-5,8,11,19H,6-7,9-10H2,1-3H3,(H,18,20)/t11-,15-/m1/s1. The second-order valence-electron chi connectivity index (χ2n) is 6.84. The van der Waals surface area contributed by atoms with Crippen LogP contribution < -0.4 is 5.32 Å². The number of aliphatic hydroxyl groups is 1. The van der Waals surface area contributed by atoms with E-state index in [2.05, 4.69) is 36.1 Å². The lowest BCUT2D eigenvalue weighted by Crippen LogP contribution is -2.57. The molecule has 0 spiro atoms. The van der Waals surface area contributed by atoms with Crippen LogP contribution in [0.3, 0.4) is 0 Å². The molecule has 20 heavy (non-hydrogen) atoms. The Morgan fingerprint density at radius 2 is 2.20 bits per heavy atom. The number of hydrogen-bond acceptors (Lipinski definition) is 4. The largest absolute Gasteiger partial charge is 0.394 e. The van der Waals surface area contributed by atoms with Crippen molar-refractivity contribution >= 4 is 5.91 Å². The molecule has 2 rings (SSSR count). The molecule has 1 saturated carbocycles. The fourth-order valence-electron chi connectivity index (χ4n) is 3.72. The Bertz CT molecular complexity index is 475. The Hall–Kier alpha value is -1.49. The fourth-order valence-corrected chi connectivity index (χ4v) is 3.72. The zero-order valence-electron chi connectivity index (χ0n) is 12.4. The van der Waals surface area contributed by atoms with E-state index in [9.17, 15) is 9.90 Å². The van der Waals surface area contributed by atoms with E-state index in [1.165, 1.54) is 18.6 Å². The van der Waals surface area contributed by atoms with Crippen LogP contribution in [0.15, 0.2) is 18.6 Å². The lowest BCUT2D eigenvalue weighted by Gasteiger charge is -2.47. The highest BCUT2D eigenvalue weighted by Crippen LogP contribution is 2.43. The van der Waals surface area contributed by atoms with E-state index in [0.717, 1.165) is 19.3 Å². The molecule has 0 bridgehead atoms. The molecule has 1 aromatic heterocycles. The third-order valence-electron chi connectivity index (χ3n) is 3.93. The van der Waals surface area contributed by atoms with Crippen LogP contribution in [0.2, 0.25) is 0 Å². The highest BCUT2D eigenvalue weighted by molar-refractivity contribution is 5.92. The van der Waals surface area contributed by atoms with Gasteiger partial charge in [-0.2, -0.15) is 0 Å². The lowest BCUT2D eigenvalue weighted by molar-refractivity contribution is 0.0332. The summed E-state index contributed by atoms with van der Waals surface area (Å²) >= 11 is 0. The van der Waals surface area contributed by atoms with Gasteiger partial charge in [-0.3, -0.25) is 9.78 Å². The van der Waals surface area contributed by atoms with Gasteiger partial charge in [0.1, 0.15) is 5.69 Å². The van der Waals surface area contributed by atoms with E-state index in [4.69, 9.17) is 0 Å². The monoisotopic (exact) mass is 277 g/mol. The first-order chi connectivity index (χ1) is 9.36. The molecule has 2 atom stereocenters. The minimum atomic E-state index is -0.560. The first-order valence-corrected chi connectivity index (χ1v) is 7.05. The van der Waals surface area contributed by atoms with E-state index in [1.807, 2.05) is 0 Å². The van der Waals surface area contributed by atoms with Gasteiger partial charge in [0.05, 0.1) is 18.3 Å². The van der Waals surface area contributed by atoms with E-state index >= 15 is 0 Å². The highest BCUT2D eigenvalue weighted by Gasteiger charge is 2.43. The number of hydrogen-bond donors (Lipinski definition) is 2. The first-order valence-electron chi connectivity index (χ1n) is 7.05. The number of amides is 1. The topological polar surface area (TPSA) is 75.1 Å². The molecule has 2 N–H and O–H groups in total. The van der Waals surface area contributed by atoms with Gasteiger partial charge in [-0.1, -0.05) is 20.8 Å². The number of nitrogens with zero attached hydrogens (tertiary/aromatic N) is 2. The molecule has 0 saturated heterocycles. The van der Waals surface area contributed by atoms with Gasteiger partial charge in [0.15, 0.2) is 0 Å². The summed E-state index contributed by atoms with van der Waals surface area (Å²) in [5, 5.41) is 12.8. The zero-order valence-corrected chi connectivity index (χ0v) is 12.4. The van der Waals surface area contributed by atoms with Crippen LogP contribution in [0.5, 0.6) is 0 Å². The normalized spacial score (nSPS) is 28.9. The molecule has 5 heteroatoms. The molecule has 1 heterocycles. The van der Waals surface area contributed by atoms with Gasteiger partial charge >= 0.3 is 0 Å². The molecule has 1 aliphatic carbocycles. The van der Waals surface area contributed by atoms with Crippen LogP contribution in [0.1, 0.15) is 50.5 Å². The van der Waals surface area contributed by atoms with Gasteiger partial charge in [0.25, 0.3) is 5.91 Å². The fraction of sp³-hybridized carbons (Fsp3) is 0.667. The summed E-state index contributed by atoms with van der Waals surface area (Å²) < 4.78 is 0. The maximum atomic E-state index is 12.3. The van der Waals surface area contributed by atoms with E-state index < -0.39 is 5.54 Å². The SMILES string of the molecule is C[C@@H]1CC(C)(C)C[C@](CO)(NC(=O)c2cnccn2)C1. The molecular formula is C15H23N3O2. The number of rotatable bonds is 3. The molecule has 1 fully saturated rings. The smallest absolute Gasteiger partial charge is 0.271 e. The minimum Gasteiger partial charge on any atom is -0.394 e. The zero-order chi connectivity index (χ0) is 14.8. The molecule has 1 aromatic rings. The van der Waals surface area contributed by atoms with Crippen molar-refractivity contribution in [3.63, 3.8) is 0 Å². The van der Waals surface area contributed by atoms with Gasteiger partial charge in [-0.25, -0.2) is 4.98 Å². The predicted molar refractivity (Wildman–Crippen MR) is 76.1 cm³/mol. The van der Waals surface area contributed by atoms with Crippen molar-refractivity contribution in [1.82, 2.24) is 15.3 Å². The van der Waals surface area contributed by atoms with Gasteiger partial charge in [0.2, 0.25) is 0 Å². The molecule has 0 aromatic carbocycles. The average Bonchev–Trinajstić information content (AvgIpc) is 2.37. The summed E-state index contributed by atoms with van der Waals surface area (Å²) in [7, 11) is 0. The molecule has 0 aliphatic heterocycles. The molecule has 0 unspecified atom stereocenters. The number of carbonyl (C=O) groups excluding carboxylic acids is 1. The van der Waals surface area contributed by atoms with Crippen molar-refractivity contribution in [3.05, 3.63) is 24.3 Å². The summed E-state index contributed by atoms with van der Waals surface area (Å²) in [5.74, 6) is 0.199. The summed E-state index contributed by atoms with van der Waals surface area (Å²) in [6, 6.07) is 0. The van der Waals surface area contributed by atoms with Gasteiger partial charge in [-0.15, -0.1) is 0 Å². The highest BCUT2D eigenvalue weighted by atomic mass is 16.3. The van der Waals surface area contributed by atoms with Crippen molar-refractivity contribution in [2.75, 3.05) is 6.61 Å². The minimum absolute atomic E-state index is 0.0488. The van der Waals surface area contributed by atoms with Crippen molar-refractivity contribution in [1.29, 1.82) is 0 Å². The molecule has 5 nitrogen and oxygen atoms in total. The van der Waals surface area contributed by atoms with Gasteiger partial charge in [-0.05, 0) is 30.6 Å². The maximum absolute atomic E-state index is 12.3. The van der Waals surface area contributed by atoms with E-state index in [1.54, 1.807) is 0 Å². The van der Waals surface area contributed by atoms with Crippen molar-refractivity contribution < 1.29 is 9.90 Å². The summed E-state index contributed by atoms with van der Waals surface area (Å²) in [6.07, 6.45) is 7.14. The van der Waals surface area contributed by atoms with Crippen LogP contribution in [0.4, 0.5) is 0 Å². The number of aromatic nitrogens is 2. The third kappa shape index (κ3) is 3.33. The summed E-state index contributed by atoms with van der Waals surface area (Å²) in [6.45, 7) is 6.48. The Morgan fingerprint density at radius 1 is 1.45 bits per heavy atom. The Balaban J connectivity index is 2.17. The van der Waals surface area contributed by atoms with Crippen LogP contribution in [-0.2, 0) is 0 Å². The Kier molecular flexibility index (Phi) is 4.09. The Labute approximate surface area is 119 Å². The van der Waals surface area contributed by atoms with E-state index in [0.29, 0.717) is 5.92 Å². The van der Waals surface area contributed by atoms with E-state index in [-0.39, 0.29) is 23.6 Å². The van der Waals surface area contributed by atoms with Gasteiger partial charge in [0, 0.05) is 12.4 Å². The second-order valence-corrected chi connectivity index (χ2v) is 6.84. The van der Waals surface area contributed by atoms with Crippen molar-refractivity contribution in [2.24, 2.45) is 11.3 Å². The summed E-state index contributed by atoms with van der Waals surface area (Å²) in [5.41, 5.74) is -0.164. The quantitative estimate of drug-likeness (QED) is 0.883. The predicted octanol–water partition coefficient (Wildman–Crippen LogP) is 1.78. The molecule has 110 valence electrons.